The summed E-state index contributed by atoms with van der Waals surface area (Å²) in [5.74, 6) is 0. The van der Waals surface area contributed by atoms with Gasteiger partial charge in [-0.3, -0.25) is 19.6 Å². The van der Waals surface area contributed by atoms with E-state index in [0.717, 1.165) is 25.9 Å². The number of hydrogen-bond acceptors (Lipinski definition) is 9. The zero-order chi connectivity index (χ0) is 39.1. The third kappa shape index (κ3) is 21.3. The molecule has 2 N–H and O–H groups in total. The van der Waals surface area contributed by atoms with Crippen molar-refractivity contribution in [1.29, 1.82) is 10.5 Å². The average Bonchev–Trinajstić information content (AvgIpc) is 3.47. The fraction of sp³-hybridized carbons (Fsp3) is 0.951. The van der Waals surface area contributed by atoms with Crippen molar-refractivity contribution in [3.8, 4) is 12.1 Å². The van der Waals surface area contributed by atoms with Crippen molar-refractivity contribution in [2.75, 3.05) is 79.5 Å². The lowest BCUT2D eigenvalue weighted by Crippen LogP contribution is -2.52. The summed E-state index contributed by atoms with van der Waals surface area (Å²) < 4.78 is 0. The number of hydrogen-bond donors (Lipinski definition) is 1. The second-order valence-electron chi connectivity index (χ2n) is 19.9. The maximum absolute atomic E-state index is 8.93. The summed E-state index contributed by atoms with van der Waals surface area (Å²) in [6, 6.07) is 5.05. The summed E-state index contributed by atoms with van der Waals surface area (Å²) in [5.41, 5.74) is 6.40. The van der Waals surface area contributed by atoms with E-state index in [-0.39, 0.29) is 28.7 Å². The van der Waals surface area contributed by atoms with Crippen LogP contribution >= 0.6 is 0 Å². The Bertz CT molecular complexity index is 940. The Morgan fingerprint density at radius 2 is 0.720 bits per heavy atom. The molecule has 4 aliphatic rings. The molecule has 0 saturated carbocycles. The van der Waals surface area contributed by atoms with E-state index < -0.39 is 0 Å². The predicted molar refractivity (Wildman–Crippen MR) is 216 cm³/mol. The van der Waals surface area contributed by atoms with Crippen molar-refractivity contribution in [1.82, 2.24) is 29.4 Å². The maximum atomic E-state index is 8.93. The minimum atomic E-state index is 0. The second-order valence-corrected chi connectivity index (χ2v) is 19.9. The molecular formula is C41H85N9. The fourth-order valence-electron chi connectivity index (χ4n) is 6.53. The van der Waals surface area contributed by atoms with E-state index in [0.29, 0.717) is 11.1 Å². The molecule has 0 spiro atoms. The molecule has 9 nitrogen and oxygen atoms in total. The number of nitriles is 2. The topological polar surface area (TPSA) is 93.0 Å². The normalized spacial score (nSPS) is 24.1. The van der Waals surface area contributed by atoms with Crippen LogP contribution in [0.5, 0.6) is 0 Å². The third-order valence-electron chi connectivity index (χ3n) is 9.68. The lowest BCUT2D eigenvalue weighted by atomic mass is 9.95. The minimum absolute atomic E-state index is 0. The highest BCUT2D eigenvalue weighted by Crippen LogP contribution is 2.26. The van der Waals surface area contributed by atoms with Gasteiger partial charge < -0.3 is 15.5 Å². The molecule has 0 aliphatic carbocycles. The van der Waals surface area contributed by atoms with Crippen molar-refractivity contribution < 1.29 is 0 Å². The molecule has 9 heteroatoms. The lowest BCUT2D eigenvalue weighted by Gasteiger charge is -2.41. The third-order valence-corrected chi connectivity index (χ3v) is 9.68. The molecule has 0 aromatic carbocycles. The largest absolute Gasteiger partial charge is 0.326 e. The highest BCUT2D eigenvalue weighted by molar-refractivity contribution is 5.00. The quantitative estimate of drug-likeness (QED) is 0.294. The van der Waals surface area contributed by atoms with Crippen LogP contribution in [0.25, 0.3) is 0 Å². The van der Waals surface area contributed by atoms with Gasteiger partial charge in [0.05, 0.1) is 24.2 Å². The molecule has 0 bridgehead atoms. The zero-order valence-corrected chi connectivity index (χ0v) is 36.4. The molecule has 4 heterocycles. The first-order valence-electron chi connectivity index (χ1n) is 19.6. The zero-order valence-electron chi connectivity index (χ0n) is 36.4. The van der Waals surface area contributed by atoms with Crippen LogP contribution in [0.3, 0.4) is 0 Å². The first kappa shape index (κ1) is 48.7. The van der Waals surface area contributed by atoms with E-state index in [4.69, 9.17) is 16.3 Å². The predicted octanol–water partition coefficient (Wildman–Crippen LogP) is 6.74. The molecule has 4 fully saturated rings. The highest BCUT2D eigenvalue weighted by atomic mass is 15.3. The molecule has 2 unspecified atom stereocenters. The molecule has 0 radical (unpaired) electrons. The highest BCUT2D eigenvalue weighted by Gasteiger charge is 2.33. The smallest absolute Gasteiger partial charge is 0.0982 e. The van der Waals surface area contributed by atoms with Crippen LogP contribution in [-0.4, -0.2) is 149 Å². The van der Waals surface area contributed by atoms with Gasteiger partial charge in [-0.15, -0.1) is 0 Å². The molecule has 4 rings (SSSR count). The average molecular weight is 704 g/mol. The minimum Gasteiger partial charge on any atom is -0.326 e. The molecule has 4 saturated heterocycles. The Kier molecular flexibility index (Phi) is 20.9. The second kappa shape index (κ2) is 21.4. The van der Waals surface area contributed by atoms with Gasteiger partial charge in [-0.2, -0.15) is 10.5 Å². The number of piperidine rings is 1. The van der Waals surface area contributed by atoms with E-state index >= 15 is 0 Å². The monoisotopic (exact) mass is 704 g/mol. The Balaban J connectivity index is 0.000000613. The SMILES string of the molecule is CC(C)(C)N.CC(C)(C)N1CCCC1C#N.CC(C)(C)N1CCCCC1C#N.CN1CCN(C(C)(C)C)CC1.CN1CCN(C(C)(C)C)CC1. The van der Waals surface area contributed by atoms with Crippen molar-refractivity contribution >= 4 is 0 Å². The molecule has 294 valence electrons. The van der Waals surface area contributed by atoms with Crippen molar-refractivity contribution in [2.24, 2.45) is 5.73 Å². The lowest BCUT2D eigenvalue weighted by molar-refractivity contribution is 0.0734. The number of nitrogens with zero attached hydrogens (tertiary/aromatic N) is 8. The molecule has 2 atom stereocenters. The van der Waals surface area contributed by atoms with Crippen LogP contribution < -0.4 is 5.73 Å². The Morgan fingerprint density at radius 1 is 0.440 bits per heavy atom. The van der Waals surface area contributed by atoms with Crippen molar-refractivity contribution in [2.45, 2.75) is 176 Å². The molecular weight excluding hydrogens is 619 g/mol. The number of rotatable bonds is 0. The van der Waals surface area contributed by atoms with Crippen LogP contribution in [0.2, 0.25) is 0 Å². The molecule has 4 aliphatic heterocycles. The molecule has 0 amide bonds. The first-order chi connectivity index (χ1) is 22.6. The number of likely N-dealkylation sites (tertiary alicyclic amines) is 2. The Labute approximate surface area is 312 Å². The van der Waals surface area contributed by atoms with Crippen molar-refractivity contribution in [3.05, 3.63) is 0 Å². The van der Waals surface area contributed by atoms with Gasteiger partial charge in [-0.05, 0) is 157 Å². The van der Waals surface area contributed by atoms with E-state index in [2.05, 4.69) is 139 Å². The van der Waals surface area contributed by atoms with Gasteiger partial charge in [0.1, 0.15) is 0 Å². The Morgan fingerprint density at radius 3 is 0.960 bits per heavy atom. The van der Waals surface area contributed by atoms with Crippen LogP contribution in [0.1, 0.15) is 136 Å². The van der Waals surface area contributed by atoms with Crippen LogP contribution in [0, 0.1) is 22.7 Å². The van der Waals surface area contributed by atoms with Crippen LogP contribution in [-0.2, 0) is 0 Å². The summed E-state index contributed by atoms with van der Waals surface area (Å²) in [5, 5.41) is 17.7. The molecule has 0 aromatic heterocycles. The van der Waals surface area contributed by atoms with Crippen molar-refractivity contribution in [3.63, 3.8) is 0 Å². The van der Waals surface area contributed by atoms with Gasteiger partial charge in [0, 0.05) is 86.6 Å². The summed E-state index contributed by atoms with van der Waals surface area (Å²) >= 11 is 0. The number of nitrogens with two attached hydrogens (primary N) is 1. The van der Waals surface area contributed by atoms with Gasteiger partial charge >= 0.3 is 0 Å². The van der Waals surface area contributed by atoms with E-state index in [1.807, 2.05) is 20.8 Å². The summed E-state index contributed by atoms with van der Waals surface area (Å²) in [4.78, 5) is 14.5. The molecule has 50 heavy (non-hydrogen) atoms. The number of piperazine rings is 2. The van der Waals surface area contributed by atoms with Gasteiger partial charge in [-0.25, -0.2) is 0 Å². The van der Waals surface area contributed by atoms with Crippen LogP contribution in [0.15, 0.2) is 0 Å². The van der Waals surface area contributed by atoms with Gasteiger partial charge in [0.15, 0.2) is 0 Å². The summed E-state index contributed by atoms with van der Waals surface area (Å²) in [6.45, 7) is 44.6. The summed E-state index contributed by atoms with van der Waals surface area (Å²) in [6.07, 6.45) is 5.73. The first-order valence-corrected chi connectivity index (χ1v) is 19.6. The molecule has 0 aromatic rings. The van der Waals surface area contributed by atoms with Gasteiger partial charge in [0.2, 0.25) is 0 Å². The van der Waals surface area contributed by atoms with E-state index in [1.165, 1.54) is 71.6 Å². The van der Waals surface area contributed by atoms with Crippen LogP contribution in [0.4, 0.5) is 0 Å². The van der Waals surface area contributed by atoms with Gasteiger partial charge in [-0.1, -0.05) is 0 Å². The van der Waals surface area contributed by atoms with E-state index in [1.54, 1.807) is 0 Å². The fourth-order valence-corrected chi connectivity index (χ4v) is 6.53. The summed E-state index contributed by atoms with van der Waals surface area (Å²) in [7, 11) is 4.39. The standard InChI is InChI=1S/C10H18N2.2C9H20N2.C9H16N2.C4H11N/c1-10(2,3)12-7-5-4-6-9(12)8-11;2*1-9(2,3)11-7-5-10(4)6-8-11;1-9(2,3)11-6-4-5-8(11)7-10;1-4(2,3)5/h9H,4-7H2,1-3H3;2*5-8H2,1-4H3;8H,4-6H2,1-3H3;5H2,1-3H3. The Hall–Kier alpha value is -1.30. The van der Waals surface area contributed by atoms with Gasteiger partial charge in [0.25, 0.3) is 0 Å². The maximum Gasteiger partial charge on any atom is 0.0982 e. The van der Waals surface area contributed by atoms with E-state index in [9.17, 15) is 0 Å². The number of likely N-dealkylation sites (N-methyl/N-ethyl adjacent to an activating group) is 2.